The summed E-state index contributed by atoms with van der Waals surface area (Å²) < 4.78 is 18.0. The number of carboxylic acid groups (broad SMARTS) is 1. The van der Waals surface area contributed by atoms with Gasteiger partial charge in [-0.05, 0) is 37.1 Å². The second kappa shape index (κ2) is 9.65. The van der Waals surface area contributed by atoms with Gasteiger partial charge in [0, 0.05) is 18.4 Å². The van der Waals surface area contributed by atoms with Gasteiger partial charge in [-0.25, -0.2) is 9.18 Å². The van der Waals surface area contributed by atoms with Gasteiger partial charge in [0.15, 0.2) is 0 Å². The van der Waals surface area contributed by atoms with Crippen LogP contribution in [-0.4, -0.2) is 33.2 Å². The maximum Gasteiger partial charge on any atom is 0.326 e. The molecule has 1 aromatic carbocycles. The Labute approximate surface area is 150 Å². The summed E-state index contributed by atoms with van der Waals surface area (Å²) in [5.41, 5.74) is 0.638. The zero-order valence-corrected chi connectivity index (χ0v) is 14.6. The molecular weight excluding hydrogens is 341 g/mol. The summed E-state index contributed by atoms with van der Waals surface area (Å²) in [5, 5.41) is 15.5. The average Bonchev–Trinajstić information content (AvgIpc) is 3.08. The average molecular weight is 363 g/mol. The minimum Gasteiger partial charge on any atom is -0.480 e. The third-order valence-corrected chi connectivity index (χ3v) is 3.84. The van der Waals surface area contributed by atoms with E-state index in [4.69, 9.17) is 9.63 Å². The molecule has 140 valence electrons. The number of amides is 1. The Hall–Kier alpha value is -2.77. The van der Waals surface area contributed by atoms with Crippen LogP contribution in [0, 0.1) is 5.82 Å². The highest BCUT2D eigenvalue weighted by atomic mass is 19.1. The van der Waals surface area contributed by atoms with E-state index in [9.17, 15) is 14.0 Å². The van der Waals surface area contributed by atoms with Crippen LogP contribution in [0.3, 0.4) is 0 Å². The first-order chi connectivity index (χ1) is 12.5. The molecule has 0 bridgehead atoms. The molecular formula is C18H22FN3O4. The SMILES string of the molecule is CCCCC(NC(=O)CCCc1nc(-c2ccc(F)cc2)no1)C(=O)O. The molecule has 7 nitrogen and oxygen atoms in total. The molecule has 0 aliphatic heterocycles. The van der Waals surface area contributed by atoms with E-state index in [1.807, 2.05) is 6.92 Å². The zero-order valence-electron chi connectivity index (χ0n) is 14.6. The lowest BCUT2D eigenvalue weighted by Gasteiger charge is -2.13. The van der Waals surface area contributed by atoms with Crippen LogP contribution >= 0.6 is 0 Å². The summed E-state index contributed by atoms with van der Waals surface area (Å²) in [4.78, 5) is 27.2. The van der Waals surface area contributed by atoms with Crippen LogP contribution in [0.15, 0.2) is 28.8 Å². The first-order valence-electron chi connectivity index (χ1n) is 8.60. The molecule has 1 atom stereocenters. The molecule has 2 aromatic rings. The van der Waals surface area contributed by atoms with Crippen molar-refractivity contribution >= 4 is 11.9 Å². The molecule has 2 rings (SSSR count). The van der Waals surface area contributed by atoms with E-state index in [0.717, 1.165) is 12.8 Å². The predicted molar refractivity (Wildman–Crippen MR) is 91.7 cm³/mol. The Morgan fingerprint density at radius 1 is 1.27 bits per heavy atom. The summed E-state index contributed by atoms with van der Waals surface area (Å²) >= 11 is 0. The second-order valence-electron chi connectivity index (χ2n) is 5.97. The van der Waals surface area contributed by atoms with Gasteiger partial charge in [0.2, 0.25) is 17.6 Å². The van der Waals surface area contributed by atoms with Gasteiger partial charge in [0.1, 0.15) is 11.9 Å². The van der Waals surface area contributed by atoms with E-state index in [0.29, 0.717) is 36.5 Å². The number of unbranched alkanes of at least 4 members (excludes halogenated alkanes) is 1. The molecule has 0 saturated carbocycles. The van der Waals surface area contributed by atoms with Gasteiger partial charge in [-0.3, -0.25) is 4.79 Å². The number of aliphatic carboxylic acids is 1. The largest absolute Gasteiger partial charge is 0.480 e. The number of hydrogen-bond donors (Lipinski definition) is 2. The van der Waals surface area contributed by atoms with Crippen molar-refractivity contribution in [3.63, 3.8) is 0 Å². The standard InChI is InChI=1S/C18H22FN3O4/c1-2-3-5-14(18(24)25)20-15(23)6-4-7-16-21-17(22-26-16)12-8-10-13(19)11-9-12/h8-11,14H,2-7H2,1H3,(H,20,23)(H,24,25). The summed E-state index contributed by atoms with van der Waals surface area (Å²) in [6.07, 6.45) is 3.05. The van der Waals surface area contributed by atoms with Gasteiger partial charge in [-0.1, -0.05) is 24.9 Å². The summed E-state index contributed by atoms with van der Waals surface area (Å²) in [5.74, 6) is -0.950. The molecule has 0 saturated heterocycles. The number of benzene rings is 1. The lowest BCUT2D eigenvalue weighted by atomic mass is 10.1. The second-order valence-corrected chi connectivity index (χ2v) is 5.97. The fourth-order valence-electron chi connectivity index (χ4n) is 2.40. The number of nitrogens with one attached hydrogen (secondary N) is 1. The van der Waals surface area contributed by atoms with E-state index in [1.165, 1.54) is 12.1 Å². The van der Waals surface area contributed by atoms with E-state index in [1.54, 1.807) is 12.1 Å². The number of nitrogens with zero attached hydrogens (tertiary/aromatic N) is 2. The van der Waals surface area contributed by atoms with Crippen molar-refractivity contribution in [2.45, 2.75) is 51.5 Å². The number of aryl methyl sites for hydroxylation is 1. The normalized spacial score (nSPS) is 11.9. The topological polar surface area (TPSA) is 105 Å². The Bertz CT molecular complexity index is 730. The van der Waals surface area contributed by atoms with E-state index in [2.05, 4.69) is 15.5 Å². The molecule has 0 aliphatic rings. The Morgan fingerprint density at radius 3 is 2.65 bits per heavy atom. The van der Waals surface area contributed by atoms with Crippen molar-refractivity contribution in [1.29, 1.82) is 0 Å². The zero-order chi connectivity index (χ0) is 18.9. The summed E-state index contributed by atoms with van der Waals surface area (Å²) in [6.45, 7) is 1.96. The number of hydrogen-bond acceptors (Lipinski definition) is 5. The highest BCUT2D eigenvalue weighted by molar-refractivity contribution is 5.83. The minimum atomic E-state index is -1.02. The fraction of sp³-hybridized carbons (Fsp3) is 0.444. The van der Waals surface area contributed by atoms with Gasteiger partial charge in [-0.15, -0.1) is 0 Å². The third-order valence-electron chi connectivity index (χ3n) is 3.84. The molecule has 1 amide bonds. The highest BCUT2D eigenvalue weighted by Gasteiger charge is 2.19. The lowest BCUT2D eigenvalue weighted by molar-refractivity contribution is -0.142. The van der Waals surface area contributed by atoms with Crippen molar-refractivity contribution in [1.82, 2.24) is 15.5 Å². The molecule has 1 heterocycles. The number of halogens is 1. The summed E-state index contributed by atoms with van der Waals surface area (Å²) in [7, 11) is 0. The smallest absolute Gasteiger partial charge is 0.326 e. The van der Waals surface area contributed by atoms with Crippen LogP contribution in [0.5, 0.6) is 0 Å². The van der Waals surface area contributed by atoms with Gasteiger partial charge in [0.05, 0.1) is 0 Å². The number of rotatable bonds is 10. The minimum absolute atomic E-state index is 0.171. The van der Waals surface area contributed by atoms with E-state index < -0.39 is 12.0 Å². The Morgan fingerprint density at radius 2 is 2.00 bits per heavy atom. The van der Waals surface area contributed by atoms with Crippen molar-refractivity contribution in [2.24, 2.45) is 0 Å². The monoisotopic (exact) mass is 363 g/mol. The van der Waals surface area contributed by atoms with Crippen molar-refractivity contribution in [3.05, 3.63) is 36.0 Å². The van der Waals surface area contributed by atoms with Gasteiger partial charge in [-0.2, -0.15) is 4.98 Å². The van der Waals surface area contributed by atoms with Crippen LogP contribution < -0.4 is 5.32 Å². The van der Waals surface area contributed by atoms with Crippen molar-refractivity contribution < 1.29 is 23.6 Å². The molecule has 0 aliphatic carbocycles. The number of carbonyl (C=O) groups excluding carboxylic acids is 1. The molecule has 0 radical (unpaired) electrons. The van der Waals surface area contributed by atoms with Crippen LogP contribution in [-0.2, 0) is 16.0 Å². The molecule has 1 aromatic heterocycles. The molecule has 26 heavy (non-hydrogen) atoms. The van der Waals surface area contributed by atoms with E-state index in [-0.39, 0.29) is 18.1 Å². The fourth-order valence-corrected chi connectivity index (χ4v) is 2.40. The van der Waals surface area contributed by atoms with Crippen LogP contribution in [0.1, 0.15) is 44.9 Å². The Kier molecular flexibility index (Phi) is 7.25. The molecule has 8 heteroatoms. The van der Waals surface area contributed by atoms with Crippen LogP contribution in [0.4, 0.5) is 4.39 Å². The van der Waals surface area contributed by atoms with Crippen molar-refractivity contribution in [3.8, 4) is 11.4 Å². The van der Waals surface area contributed by atoms with Crippen LogP contribution in [0.25, 0.3) is 11.4 Å². The number of carboxylic acids is 1. The highest BCUT2D eigenvalue weighted by Crippen LogP contribution is 2.16. The molecule has 0 fully saturated rings. The lowest BCUT2D eigenvalue weighted by Crippen LogP contribution is -2.40. The maximum absolute atomic E-state index is 12.9. The third kappa shape index (κ3) is 5.94. The molecule has 1 unspecified atom stereocenters. The van der Waals surface area contributed by atoms with Gasteiger partial charge < -0.3 is 14.9 Å². The molecule has 2 N–H and O–H groups in total. The first-order valence-corrected chi connectivity index (χ1v) is 8.60. The number of carbonyl (C=O) groups is 2. The van der Waals surface area contributed by atoms with Gasteiger partial charge >= 0.3 is 5.97 Å². The quantitative estimate of drug-likeness (QED) is 0.672. The maximum atomic E-state index is 12.9. The number of aromatic nitrogens is 2. The molecule has 0 spiro atoms. The Balaban J connectivity index is 1.79. The van der Waals surface area contributed by atoms with E-state index >= 15 is 0 Å². The van der Waals surface area contributed by atoms with Crippen molar-refractivity contribution in [2.75, 3.05) is 0 Å². The predicted octanol–water partition coefficient (Wildman–Crippen LogP) is 2.96. The first kappa shape index (κ1) is 19.6. The van der Waals surface area contributed by atoms with Gasteiger partial charge in [0.25, 0.3) is 0 Å². The summed E-state index contributed by atoms with van der Waals surface area (Å²) in [6, 6.07) is 4.88. The van der Waals surface area contributed by atoms with Crippen LogP contribution in [0.2, 0.25) is 0 Å².